The second-order valence-electron chi connectivity index (χ2n) is 8.77. The van der Waals surface area contributed by atoms with Crippen molar-refractivity contribution in [1.29, 1.82) is 0 Å². The highest BCUT2D eigenvalue weighted by molar-refractivity contribution is 6.30. The lowest BCUT2D eigenvalue weighted by Crippen LogP contribution is -2.36. The van der Waals surface area contributed by atoms with Gasteiger partial charge in [0.25, 0.3) is 0 Å². The molecule has 0 radical (unpaired) electrons. The van der Waals surface area contributed by atoms with Crippen LogP contribution in [-0.4, -0.2) is 37.7 Å². The van der Waals surface area contributed by atoms with Gasteiger partial charge < -0.3 is 20.2 Å². The van der Waals surface area contributed by atoms with E-state index in [1.165, 1.54) is 0 Å². The van der Waals surface area contributed by atoms with Gasteiger partial charge >= 0.3 is 6.09 Å². The van der Waals surface area contributed by atoms with Crippen LogP contribution in [0.5, 0.6) is 5.75 Å². The number of ether oxygens (including phenoxy) is 2. The number of amides is 1. The Balaban J connectivity index is 1.87. The summed E-state index contributed by atoms with van der Waals surface area (Å²) in [6, 6.07) is 5.52. The number of hydrogen-bond donors (Lipinski definition) is 3. The minimum absolute atomic E-state index is 0.0465. The molecule has 2 rings (SSSR count). The quantitative estimate of drug-likeness (QED) is 0.230. The number of carbonyl (C=O) groups excluding carboxylic acids is 1. The molecule has 8 heteroatoms. The molecule has 1 aromatic rings. The molecule has 0 saturated heterocycles. The van der Waals surface area contributed by atoms with Gasteiger partial charge in [-0.05, 0) is 81.8 Å². The summed E-state index contributed by atoms with van der Waals surface area (Å²) in [7, 11) is 0. The summed E-state index contributed by atoms with van der Waals surface area (Å²) in [6.45, 7) is 11.2. The molecule has 1 saturated carbocycles. The molecule has 1 aliphatic rings. The number of benzene rings is 1. The maximum Gasteiger partial charge on any atom is 0.413 e. The van der Waals surface area contributed by atoms with Crippen LogP contribution >= 0.6 is 11.6 Å². The second-order valence-corrected chi connectivity index (χ2v) is 9.21. The van der Waals surface area contributed by atoms with Crippen LogP contribution in [-0.2, 0) is 11.3 Å². The molecule has 184 valence electrons. The third kappa shape index (κ3) is 10.5. The number of hydrogen-bond acceptors (Lipinski definition) is 6. The smallest absolute Gasteiger partial charge is 0.413 e. The molecule has 3 N–H and O–H groups in total. The van der Waals surface area contributed by atoms with E-state index in [-0.39, 0.29) is 6.10 Å². The highest BCUT2D eigenvalue weighted by Gasteiger charge is 2.23. The van der Waals surface area contributed by atoms with Crippen molar-refractivity contribution in [3.8, 4) is 5.75 Å². The van der Waals surface area contributed by atoms with E-state index in [9.17, 15) is 4.79 Å². The van der Waals surface area contributed by atoms with Crippen molar-refractivity contribution in [2.75, 3.05) is 19.7 Å². The molecule has 0 unspecified atom stereocenters. The Morgan fingerprint density at radius 3 is 2.70 bits per heavy atom. The molecule has 0 spiro atoms. The van der Waals surface area contributed by atoms with Crippen LogP contribution in [0.4, 0.5) is 4.79 Å². The maximum absolute atomic E-state index is 12.4. The van der Waals surface area contributed by atoms with Crippen molar-refractivity contribution < 1.29 is 14.3 Å². The van der Waals surface area contributed by atoms with Gasteiger partial charge in [0, 0.05) is 10.6 Å². The normalized spacial score (nSPS) is 19.0. The van der Waals surface area contributed by atoms with Gasteiger partial charge in [0.15, 0.2) is 5.84 Å². The first-order valence-electron chi connectivity index (χ1n) is 11.9. The van der Waals surface area contributed by atoms with E-state index >= 15 is 0 Å². The van der Waals surface area contributed by atoms with Crippen LogP contribution in [0.15, 0.2) is 35.5 Å². The molecule has 0 bridgehead atoms. The number of carbonyl (C=O) groups is 1. The Morgan fingerprint density at radius 2 is 2.03 bits per heavy atom. The predicted octanol–water partition coefficient (Wildman–Crippen LogP) is 5.25. The minimum Gasteiger partial charge on any atom is -0.493 e. The van der Waals surface area contributed by atoms with Crippen molar-refractivity contribution in [2.24, 2.45) is 16.9 Å². The molecule has 1 fully saturated rings. The average molecular weight is 479 g/mol. The molecule has 0 aromatic heterocycles. The Labute approximate surface area is 203 Å². The van der Waals surface area contributed by atoms with Gasteiger partial charge in [-0.15, -0.1) is 0 Å². The molecule has 0 atom stereocenters. The highest BCUT2D eigenvalue weighted by Crippen LogP contribution is 2.26. The molecule has 7 nitrogen and oxygen atoms in total. The van der Waals surface area contributed by atoms with E-state index in [1.54, 1.807) is 12.1 Å². The number of halogens is 1. The molecule has 1 aromatic carbocycles. The first-order chi connectivity index (χ1) is 15.9. The van der Waals surface area contributed by atoms with Crippen LogP contribution in [0.2, 0.25) is 5.02 Å². The Kier molecular flexibility index (Phi) is 12.1. The summed E-state index contributed by atoms with van der Waals surface area (Å²) in [5, 5.41) is 11.1. The Hall–Kier alpha value is -2.25. The SMILES string of the molecule is C/C=C/C(=N\NCc1cc(Cl)ccc1OCC(C)C)NC(=O)OC1CCC(CNCC)CC1. The molecule has 0 heterocycles. The Bertz CT molecular complexity index is 790. The van der Waals surface area contributed by atoms with E-state index in [0.717, 1.165) is 50.1 Å². The fourth-order valence-corrected chi connectivity index (χ4v) is 3.84. The van der Waals surface area contributed by atoms with Gasteiger partial charge in [0.1, 0.15) is 11.9 Å². The topological polar surface area (TPSA) is 84.0 Å². The van der Waals surface area contributed by atoms with Crippen molar-refractivity contribution >= 4 is 23.5 Å². The zero-order chi connectivity index (χ0) is 24.1. The Morgan fingerprint density at radius 1 is 1.27 bits per heavy atom. The predicted molar refractivity (Wildman–Crippen MR) is 135 cm³/mol. The highest BCUT2D eigenvalue weighted by atomic mass is 35.5. The number of nitrogens with zero attached hydrogens (tertiary/aromatic N) is 1. The summed E-state index contributed by atoms with van der Waals surface area (Å²) in [5.41, 5.74) is 3.89. The molecule has 33 heavy (non-hydrogen) atoms. The maximum atomic E-state index is 12.4. The second kappa shape index (κ2) is 14.8. The molecule has 1 aliphatic carbocycles. The molecule has 0 aliphatic heterocycles. The fraction of sp³-hybridized carbons (Fsp3) is 0.600. The summed E-state index contributed by atoms with van der Waals surface area (Å²) in [6.07, 6.45) is 6.94. The summed E-state index contributed by atoms with van der Waals surface area (Å²) in [4.78, 5) is 12.4. The third-order valence-electron chi connectivity index (χ3n) is 5.37. The molecular weight excluding hydrogens is 440 g/mol. The van der Waals surface area contributed by atoms with Gasteiger partial charge in [-0.3, -0.25) is 5.32 Å². The van der Waals surface area contributed by atoms with Crippen molar-refractivity contribution in [2.45, 2.75) is 66.0 Å². The first kappa shape index (κ1) is 27.0. The van der Waals surface area contributed by atoms with E-state index in [1.807, 2.05) is 25.1 Å². The van der Waals surface area contributed by atoms with Crippen molar-refractivity contribution in [3.05, 3.63) is 40.9 Å². The van der Waals surface area contributed by atoms with Crippen LogP contribution < -0.4 is 20.8 Å². The standard InChI is InChI=1S/C25H39ClN4O3/c1-5-7-24(29-25(31)33-22-11-8-19(9-12-22)15-27-6-2)30-28-16-20-14-21(26)10-13-23(20)32-17-18(3)4/h5,7,10,13-14,18-19,22,27-28H,6,8-9,11-12,15-17H2,1-4H3,(H,29,30,31)/b7-5+. The van der Waals surface area contributed by atoms with Gasteiger partial charge in [-0.1, -0.05) is 38.4 Å². The number of nitrogens with one attached hydrogen (secondary N) is 3. The molecule has 1 amide bonds. The summed E-state index contributed by atoms with van der Waals surface area (Å²) >= 11 is 6.16. The number of alkyl carbamates (subject to hydrolysis) is 1. The largest absolute Gasteiger partial charge is 0.493 e. The van der Waals surface area contributed by atoms with E-state index in [2.05, 4.69) is 41.9 Å². The number of hydrazone groups is 1. The monoisotopic (exact) mass is 478 g/mol. The summed E-state index contributed by atoms with van der Waals surface area (Å²) in [5.74, 6) is 2.23. The van der Waals surface area contributed by atoms with Crippen LogP contribution in [0, 0.1) is 11.8 Å². The lowest BCUT2D eigenvalue weighted by Gasteiger charge is -2.28. The van der Waals surface area contributed by atoms with Gasteiger partial charge in [0.05, 0.1) is 13.2 Å². The van der Waals surface area contributed by atoms with Gasteiger partial charge in [-0.25, -0.2) is 4.79 Å². The van der Waals surface area contributed by atoms with Crippen molar-refractivity contribution in [1.82, 2.24) is 16.1 Å². The average Bonchev–Trinajstić information content (AvgIpc) is 2.78. The van der Waals surface area contributed by atoms with E-state index < -0.39 is 6.09 Å². The van der Waals surface area contributed by atoms with E-state index in [4.69, 9.17) is 21.1 Å². The fourth-order valence-electron chi connectivity index (χ4n) is 3.65. The van der Waals surface area contributed by atoms with Gasteiger partial charge in [-0.2, -0.15) is 5.10 Å². The minimum atomic E-state index is -0.479. The lowest BCUT2D eigenvalue weighted by molar-refractivity contribution is 0.0677. The molecular formula is C25H39ClN4O3. The van der Waals surface area contributed by atoms with Crippen molar-refractivity contribution in [3.63, 3.8) is 0 Å². The number of rotatable bonds is 11. The number of allylic oxidation sites excluding steroid dienone is 1. The number of amidine groups is 1. The zero-order valence-corrected chi connectivity index (χ0v) is 21.1. The zero-order valence-electron chi connectivity index (χ0n) is 20.3. The van der Waals surface area contributed by atoms with Gasteiger partial charge in [0.2, 0.25) is 0 Å². The van der Waals surface area contributed by atoms with Crippen LogP contribution in [0.3, 0.4) is 0 Å². The third-order valence-corrected chi connectivity index (χ3v) is 5.60. The van der Waals surface area contributed by atoms with Crippen LogP contribution in [0.25, 0.3) is 0 Å². The first-order valence-corrected chi connectivity index (χ1v) is 12.3. The summed E-state index contributed by atoms with van der Waals surface area (Å²) < 4.78 is 11.5. The lowest BCUT2D eigenvalue weighted by atomic mass is 9.87. The van der Waals surface area contributed by atoms with E-state index in [0.29, 0.717) is 35.8 Å². The van der Waals surface area contributed by atoms with Crippen LogP contribution in [0.1, 0.15) is 58.9 Å².